The summed E-state index contributed by atoms with van der Waals surface area (Å²) in [5.41, 5.74) is 3.76. The van der Waals surface area contributed by atoms with Gasteiger partial charge in [0.15, 0.2) is 0 Å². The molecule has 0 bridgehead atoms. The minimum Gasteiger partial charge on any atom is -0.348 e. The van der Waals surface area contributed by atoms with Crippen molar-refractivity contribution in [3.05, 3.63) is 69.2 Å². The summed E-state index contributed by atoms with van der Waals surface area (Å²) in [6.45, 7) is 2.57. The van der Waals surface area contributed by atoms with E-state index in [1.807, 2.05) is 41.8 Å². The number of hydrogen-bond donors (Lipinski definition) is 1. The van der Waals surface area contributed by atoms with Gasteiger partial charge in [-0.2, -0.15) is 0 Å². The van der Waals surface area contributed by atoms with Crippen LogP contribution in [0, 0.1) is 10.6 Å². The van der Waals surface area contributed by atoms with Gasteiger partial charge in [-0.05, 0) is 47.2 Å². The molecule has 1 N–H and O–H groups in total. The fourth-order valence-corrected chi connectivity index (χ4v) is 2.72. The zero-order valence-electron chi connectivity index (χ0n) is 11.5. The standard InChI is InChI=1S/C16H14IN3O/c1-11-3-2-4-12(7-11)8-19-16(21)13-5-6-15-18-9-14(17)20(15)10-13/h2-7,9-10H,8H2,1H3,(H,19,21). The number of halogens is 1. The Labute approximate surface area is 136 Å². The van der Waals surface area contributed by atoms with Crippen LogP contribution in [-0.4, -0.2) is 15.3 Å². The lowest BCUT2D eigenvalue weighted by molar-refractivity contribution is 0.0950. The highest BCUT2D eigenvalue weighted by Gasteiger charge is 2.08. The molecule has 0 atom stereocenters. The van der Waals surface area contributed by atoms with E-state index < -0.39 is 0 Å². The molecule has 2 aromatic heterocycles. The third kappa shape index (κ3) is 3.07. The smallest absolute Gasteiger partial charge is 0.253 e. The van der Waals surface area contributed by atoms with Gasteiger partial charge < -0.3 is 5.32 Å². The topological polar surface area (TPSA) is 46.4 Å². The van der Waals surface area contributed by atoms with Crippen molar-refractivity contribution in [3.8, 4) is 0 Å². The molecule has 0 spiro atoms. The molecule has 0 saturated carbocycles. The summed E-state index contributed by atoms with van der Waals surface area (Å²) in [5, 5.41) is 2.94. The second-order valence-electron chi connectivity index (χ2n) is 4.90. The van der Waals surface area contributed by atoms with Gasteiger partial charge in [-0.15, -0.1) is 0 Å². The molecular formula is C16H14IN3O. The molecule has 1 amide bonds. The maximum atomic E-state index is 12.2. The van der Waals surface area contributed by atoms with Gasteiger partial charge in [-0.25, -0.2) is 4.98 Å². The Hall–Kier alpha value is -1.89. The highest BCUT2D eigenvalue weighted by molar-refractivity contribution is 14.1. The highest BCUT2D eigenvalue weighted by atomic mass is 127. The zero-order valence-corrected chi connectivity index (χ0v) is 13.7. The number of rotatable bonds is 3. The molecule has 0 aliphatic carbocycles. The van der Waals surface area contributed by atoms with E-state index in [1.165, 1.54) is 5.56 Å². The Kier molecular flexibility index (Phi) is 3.92. The lowest BCUT2D eigenvalue weighted by atomic mass is 10.1. The van der Waals surface area contributed by atoms with Gasteiger partial charge in [0.2, 0.25) is 0 Å². The van der Waals surface area contributed by atoms with Crippen LogP contribution < -0.4 is 5.32 Å². The average molecular weight is 391 g/mol. The van der Waals surface area contributed by atoms with Crippen molar-refractivity contribution in [2.24, 2.45) is 0 Å². The third-order valence-electron chi connectivity index (χ3n) is 3.26. The molecule has 5 heteroatoms. The van der Waals surface area contributed by atoms with E-state index in [2.05, 4.69) is 39.0 Å². The fraction of sp³-hybridized carbons (Fsp3) is 0.125. The van der Waals surface area contributed by atoms with Gasteiger partial charge in [-0.1, -0.05) is 29.8 Å². The lowest BCUT2D eigenvalue weighted by Gasteiger charge is -2.07. The summed E-state index contributed by atoms with van der Waals surface area (Å²) in [4.78, 5) is 16.5. The lowest BCUT2D eigenvalue weighted by Crippen LogP contribution is -2.23. The molecule has 21 heavy (non-hydrogen) atoms. The summed E-state index contributed by atoms with van der Waals surface area (Å²) < 4.78 is 2.89. The van der Waals surface area contributed by atoms with Crippen molar-refractivity contribution in [1.82, 2.24) is 14.7 Å². The number of hydrogen-bond acceptors (Lipinski definition) is 2. The monoisotopic (exact) mass is 391 g/mol. The molecule has 0 fully saturated rings. The third-order valence-corrected chi connectivity index (χ3v) is 4.06. The number of aromatic nitrogens is 2. The van der Waals surface area contributed by atoms with Gasteiger partial charge >= 0.3 is 0 Å². The molecule has 3 rings (SSSR count). The molecule has 0 radical (unpaired) electrons. The number of nitrogens with one attached hydrogen (secondary N) is 1. The van der Waals surface area contributed by atoms with E-state index in [-0.39, 0.29) is 5.91 Å². The second-order valence-corrected chi connectivity index (χ2v) is 6.00. The summed E-state index contributed by atoms with van der Waals surface area (Å²) in [5.74, 6) is -0.0806. The average Bonchev–Trinajstić information content (AvgIpc) is 2.86. The molecule has 3 aromatic rings. The Morgan fingerprint density at radius 1 is 1.33 bits per heavy atom. The van der Waals surface area contributed by atoms with Crippen LogP contribution in [0.4, 0.5) is 0 Å². The van der Waals surface area contributed by atoms with Crippen molar-refractivity contribution >= 4 is 34.1 Å². The number of pyridine rings is 1. The molecule has 0 unspecified atom stereocenters. The van der Waals surface area contributed by atoms with Crippen LogP contribution in [0.25, 0.3) is 5.65 Å². The Morgan fingerprint density at radius 3 is 3.00 bits per heavy atom. The molecule has 0 saturated heterocycles. The zero-order chi connectivity index (χ0) is 14.8. The minimum absolute atomic E-state index is 0.0806. The maximum absolute atomic E-state index is 12.2. The van der Waals surface area contributed by atoms with Crippen LogP contribution in [0.3, 0.4) is 0 Å². The number of carbonyl (C=O) groups excluding carboxylic acids is 1. The van der Waals surface area contributed by atoms with Crippen LogP contribution in [0.1, 0.15) is 21.5 Å². The van der Waals surface area contributed by atoms with Crippen molar-refractivity contribution in [2.75, 3.05) is 0 Å². The predicted molar refractivity (Wildman–Crippen MR) is 90.3 cm³/mol. The Balaban J connectivity index is 1.76. The van der Waals surface area contributed by atoms with E-state index in [9.17, 15) is 4.79 Å². The largest absolute Gasteiger partial charge is 0.348 e. The molecule has 0 aliphatic heterocycles. The van der Waals surface area contributed by atoms with Crippen LogP contribution >= 0.6 is 22.6 Å². The number of nitrogens with zero attached hydrogens (tertiary/aromatic N) is 2. The molecule has 0 aliphatic rings. The highest BCUT2D eigenvalue weighted by Crippen LogP contribution is 2.11. The van der Waals surface area contributed by atoms with E-state index in [4.69, 9.17) is 0 Å². The Bertz CT molecular complexity index is 810. The maximum Gasteiger partial charge on any atom is 0.253 e. The summed E-state index contributed by atoms with van der Waals surface area (Å²) in [6, 6.07) is 11.8. The van der Waals surface area contributed by atoms with Gasteiger partial charge in [0.05, 0.1) is 11.8 Å². The molecule has 2 heterocycles. The van der Waals surface area contributed by atoms with Crippen molar-refractivity contribution in [3.63, 3.8) is 0 Å². The normalized spacial score (nSPS) is 10.8. The number of benzene rings is 1. The quantitative estimate of drug-likeness (QED) is 0.698. The van der Waals surface area contributed by atoms with Crippen molar-refractivity contribution in [1.29, 1.82) is 0 Å². The summed E-state index contributed by atoms with van der Waals surface area (Å²) in [7, 11) is 0. The number of imidazole rings is 1. The Morgan fingerprint density at radius 2 is 2.19 bits per heavy atom. The number of amides is 1. The molecule has 106 valence electrons. The number of aryl methyl sites for hydroxylation is 1. The first-order valence-electron chi connectivity index (χ1n) is 6.60. The minimum atomic E-state index is -0.0806. The van der Waals surface area contributed by atoms with E-state index in [0.29, 0.717) is 12.1 Å². The van der Waals surface area contributed by atoms with Gasteiger partial charge in [0.1, 0.15) is 9.35 Å². The summed E-state index contributed by atoms with van der Waals surface area (Å²) in [6.07, 6.45) is 3.60. The van der Waals surface area contributed by atoms with Gasteiger partial charge in [0, 0.05) is 12.7 Å². The van der Waals surface area contributed by atoms with Crippen LogP contribution in [0.2, 0.25) is 0 Å². The van der Waals surface area contributed by atoms with Crippen LogP contribution in [-0.2, 0) is 6.54 Å². The van der Waals surface area contributed by atoms with E-state index in [0.717, 1.165) is 14.9 Å². The first-order valence-corrected chi connectivity index (χ1v) is 7.68. The van der Waals surface area contributed by atoms with Gasteiger partial charge in [0.25, 0.3) is 5.91 Å². The van der Waals surface area contributed by atoms with Crippen molar-refractivity contribution < 1.29 is 4.79 Å². The van der Waals surface area contributed by atoms with Crippen LogP contribution in [0.15, 0.2) is 48.8 Å². The van der Waals surface area contributed by atoms with Gasteiger partial charge in [-0.3, -0.25) is 9.20 Å². The first kappa shape index (κ1) is 14.1. The van der Waals surface area contributed by atoms with Crippen molar-refractivity contribution in [2.45, 2.75) is 13.5 Å². The first-order chi connectivity index (χ1) is 10.1. The number of carbonyl (C=O) groups is 1. The SMILES string of the molecule is Cc1cccc(CNC(=O)c2ccc3ncc(I)n3c2)c1. The van der Waals surface area contributed by atoms with Crippen LogP contribution in [0.5, 0.6) is 0 Å². The molecule has 1 aromatic carbocycles. The van der Waals surface area contributed by atoms with E-state index >= 15 is 0 Å². The predicted octanol–water partition coefficient (Wildman–Crippen LogP) is 3.18. The second kappa shape index (κ2) is 5.85. The molecule has 4 nitrogen and oxygen atoms in total. The fourth-order valence-electron chi connectivity index (χ4n) is 2.19. The molecular weight excluding hydrogens is 377 g/mol. The number of fused-ring (bicyclic) bond motifs is 1. The summed E-state index contributed by atoms with van der Waals surface area (Å²) >= 11 is 2.20. The van der Waals surface area contributed by atoms with E-state index in [1.54, 1.807) is 12.3 Å².